The van der Waals surface area contributed by atoms with Crippen LogP contribution in [0.25, 0.3) is 77.7 Å². The van der Waals surface area contributed by atoms with Crippen LogP contribution in [0.4, 0.5) is 0 Å². The molecule has 52 heavy (non-hydrogen) atoms. The minimum atomic E-state index is -0.295. The van der Waals surface area contributed by atoms with E-state index in [9.17, 15) is 0 Å². The van der Waals surface area contributed by atoms with Crippen molar-refractivity contribution in [3.63, 3.8) is 0 Å². The summed E-state index contributed by atoms with van der Waals surface area (Å²) < 4.78 is 7.95. The van der Waals surface area contributed by atoms with Crippen LogP contribution in [0.2, 0.25) is 0 Å². The van der Waals surface area contributed by atoms with Crippen molar-refractivity contribution in [2.45, 2.75) is 0 Å². The number of benzene rings is 7. The molecule has 0 fully saturated rings. The van der Waals surface area contributed by atoms with Gasteiger partial charge in [-0.25, -0.2) is 18.9 Å². The molecule has 0 atom stereocenters. The molecule has 0 aliphatic heterocycles. The fourth-order valence-corrected chi connectivity index (χ4v) is 7.88. The number of nitrogens with zero attached hydrogens (tertiary/aromatic N) is 5. The second-order valence-electron chi connectivity index (χ2n) is 12.8. The predicted octanol–water partition coefficient (Wildman–Crippen LogP) is 10.6. The quantitative estimate of drug-likeness (QED) is 0.169. The first-order chi connectivity index (χ1) is 25.7. The van der Waals surface area contributed by atoms with Gasteiger partial charge in [0.1, 0.15) is 0 Å². The number of hydrogen-bond acceptors (Lipinski definition) is 3. The molecule has 0 amide bonds. The largest absolute Gasteiger partial charge is 0.341 e. The Hall–Kier alpha value is -6.83. The standard InChI is InChI=1S/C45H29N5OS/c51-45-49(33-24-26-41-37(28-33)35-20-10-12-22-39(35)47(41)31-16-6-2-7-17-31)43(30-14-4-1-5-15-30)46-44(52)50(45)34-25-27-42-38(29-34)36-21-11-13-23-40(36)48(42)32-18-8-3-9-19-32/h1-29H. The number of fused-ring (bicyclic) bond motifs is 6. The molecule has 0 unspecified atom stereocenters. The summed E-state index contributed by atoms with van der Waals surface area (Å²) >= 11 is 5.95. The van der Waals surface area contributed by atoms with E-state index < -0.39 is 0 Å². The van der Waals surface area contributed by atoms with Crippen LogP contribution in [-0.4, -0.2) is 23.3 Å². The predicted molar refractivity (Wildman–Crippen MR) is 214 cm³/mol. The fourth-order valence-electron chi connectivity index (χ4n) is 7.61. The number of rotatable bonds is 5. The van der Waals surface area contributed by atoms with E-state index in [4.69, 9.17) is 17.2 Å². The zero-order valence-electron chi connectivity index (χ0n) is 27.8. The van der Waals surface area contributed by atoms with E-state index in [1.807, 2.05) is 84.9 Å². The Kier molecular flexibility index (Phi) is 6.87. The molecule has 246 valence electrons. The summed E-state index contributed by atoms with van der Waals surface area (Å²) in [7, 11) is 0. The van der Waals surface area contributed by atoms with Gasteiger partial charge in [0.15, 0.2) is 5.82 Å². The molecule has 0 saturated carbocycles. The second kappa shape index (κ2) is 11.9. The van der Waals surface area contributed by atoms with Crippen LogP contribution in [0.15, 0.2) is 181 Å². The van der Waals surface area contributed by atoms with Crippen molar-refractivity contribution in [2.75, 3.05) is 0 Å². The lowest BCUT2D eigenvalue weighted by atomic mass is 10.1. The van der Waals surface area contributed by atoms with Crippen LogP contribution in [0.5, 0.6) is 0 Å². The van der Waals surface area contributed by atoms with Gasteiger partial charge in [0.2, 0.25) is 4.77 Å². The normalized spacial score (nSPS) is 11.6. The van der Waals surface area contributed by atoms with Crippen LogP contribution in [0.1, 0.15) is 0 Å². The Bertz CT molecular complexity index is 3100. The third-order valence-corrected chi connectivity index (χ3v) is 10.2. The number of aromatic nitrogens is 5. The first-order valence-electron chi connectivity index (χ1n) is 17.2. The fraction of sp³-hybridized carbons (Fsp3) is 0. The van der Waals surface area contributed by atoms with E-state index in [-0.39, 0.29) is 10.5 Å². The molecule has 6 nitrogen and oxygen atoms in total. The smallest absolute Gasteiger partial charge is 0.309 e. The molecule has 3 heterocycles. The number of para-hydroxylation sites is 4. The van der Waals surface area contributed by atoms with Gasteiger partial charge in [0.05, 0.1) is 33.4 Å². The molecule has 0 radical (unpaired) electrons. The molecule has 3 aromatic heterocycles. The van der Waals surface area contributed by atoms with Crippen LogP contribution >= 0.6 is 12.2 Å². The molecule has 10 rings (SSSR count). The Labute approximate surface area is 303 Å². The minimum Gasteiger partial charge on any atom is -0.309 e. The average molecular weight is 688 g/mol. The first-order valence-corrected chi connectivity index (χ1v) is 17.6. The van der Waals surface area contributed by atoms with Gasteiger partial charge < -0.3 is 9.13 Å². The molecule has 0 spiro atoms. The van der Waals surface area contributed by atoms with E-state index in [1.54, 1.807) is 9.13 Å². The lowest BCUT2D eigenvalue weighted by molar-refractivity contribution is 0.777. The third kappa shape index (κ3) is 4.60. The maximum atomic E-state index is 15.0. The summed E-state index contributed by atoms with van der Waals surface area (Å²) in [4.78, 5) is 20.0. The van der Waals surface area contributed by atoms with Crippen molar-refractivity contribution in [2.24, 2.45) is 0 Å². The first kappa shape index (κ1) is 30.0. The Morgan fingerprint density at radius 3 is 1.33 bits per heavy atom. The third-order valence-electron chi connectivity index (χ3n) is 9.88. The highest BCUT2D eigenvalue weighted by Gasteiger charge is 2.20. The van der Waals surface area contributed by atoms with Crippen molar-refractivity contribution >= 4 is 55.8 Å². The zero-order valence-corrected chi connectivity index (χ0v) is 28.6. The van der Waals surface area contributed by atoms with Crippen molar-refractivity contribution in [1.82, 2.24) is 23.3 Å². The highest BCUT2D eigenvalue weighted by atomic mass is 32.1. The molecule has 0 aliphatic carbocycles. The molecule has 7 heteroatoms. The Balaban J connectivity index is 1.24. The van der Waals surface area contributed by atoms with E-state index in [1.165, 1.54) is 0 Å². The van der Waals surface area contributed by atoms with Crippen LogP contribution in [-0.2, 0) is 0 Å². The lowest BCUT2D eigenvalue weighted by Gasteiger charge is -2.16. The topological polar surface area (TPSA) is 49.7 Å². The Morgan fingerprint density at radius 2 is 0.808 bits per heavy atom. The van der Waals surface area contributed by atoms with Gasteiger partial charge in [-0.1, -0.05) is 103 Å². The minimum absolute atomic E-state index is 0.188. The molecule has 0 aliphatic rings. The second-order valence-corrected chi connectivity index (χ2v) is 13.2. The van der Waals surface area contributed by atoms with Gasteiger partial charge in [-0.3, -0.25) is 0 Å². The van der Waals surface area contributed by atoms with Crippen molar-refractivity contribution in [3.8, 4) is 34.1 Å². The summed E-state index contributed by atoms with van der Waals surface area (Å²) in [5, 5.41) is 4.24. The highest BCUT2D eigenvalue weighted by molar-refractivity contribution is 7.71. The van der Waals surface area contributed by atoms with Crippen LogP contribution in [0, 0.1) is 4.77 Å². The molecule has 7 aromatic carbocycles. The van der Waals surface area contributed by atoms with Gasteiger partial charge in [-0.05, 0) is 85.0 Å². The van der Waals surface area contributed by atoms with E-state index >= 15 is 4.79 Å². The van der Waals surface area contributed by atoms with Crippen LogP contribution in [0.3, 0.4) is 0 Å². The van der Waals surface area contributed by atoms with Crippen molar-refractivity contribution in [3.05, 3.63) is 191 Å². The average Bonchev–Trinajstić information content (AvgIpc) is 3.71. The van der Waals surface area contributed by atoms with Gasteiger partial charge in [-0.15, -0.1) is 0 Å². The van der Waals surface area contributed by atoms with Gasteiger partial charge in [0, 0.05) is 38.5 Å². The van der Waals surface area contributed by atoms with Gasteiger partial charge >= 0.3 is 5.69 Å². The van der Waals surface area contributed by atoms with E-state index in [2.05, 4.69) is 100 Å². The van der Waals surface area contributed by atoms with Crippen LogP contribution < -0.4 is 5.69 Å². The summed E-state index contributed by atoms with van der Waals surface area (Å²) in [5.41, 5.74) is 8.26. The molecule has 10 aromatic rings. The summed E-state index contributed by atoms with van der Waals surface area (Å²) in [6.45, 7) is 0. The highest BCUT2D eigenvalue weighted by Crippen LogP contribution is 2.35. The van der Waals surface area contributed by atoms with Crippen molar-refractivity contribution in [1.29, 1.82) is 0 Å². The maximum absolute atomic E-state index is 15.0. The van der Waals surface area contributed by atoms with Gasteiger partial charge in [0.25, 0.3) is 0 Å². The summed E-state index contributed by atoms with van der Waals surface area (Å²) in [5.74, 6) is 0.486. The molecule has 0 saturated heterocycles. The van der Waals surface area contributed by atoms with Gasteiger partial charge in [-0.2, -0.15) is 0 Å². The van der Waals surface area contributed by atoms with Crippen molar-refractivity contribution < 1.29 is 0 Å². The lowest BCUT2D eigenvalue weighted by Crippen LogP contribution is -2.31. The zero-order chi connectivity index (χ0) is 34.8. The SMILES string of the molecule is O=c1n(-c2ccc3c(c2)c2ccccc2n3-c2ccccc2)c(-c2ccccc2)nc(=S)n1-c1ccc2c(c1)c1ccccc1n2-c1ccccc1. The summed E-state index contributed by atoms with van der Waals surface area (Å²) in [6.07, 6.45) is 0. The summed E-state index contributed by atoms with van der Waals surface area (Å²) in [6, 6.07) is 59.4. The maximum Gasteiger partial charge on any atom is 0.341 e. The molecule has 0 bridgehead atoms. The van der Waals surface area contributed by atoms with E-state index in [0.29, 0.717) is 17.2 Å². The van der Waals surface area contributed by atoms with E-state index in [0.717, 1.165) is 60.5 Å². The Morgan fingerprint density at radius 1 is 0.385 bits per heavy atom. The molecule has 0 N–H and O–H groups in total. The molecular weight excluding hydrogens is 659 g/mol. The molecular formula is C45H29N5OS. The number of hydrogen-bond donors (Lipinski definition) is 0. The monoisotopic (exact) mass is 687 g/mol.